The van der Waals surface area contributed by atoms with Crippen LogP contribution < -0.4 is 15.5 Å². The van der Waals surface area contributed by atoms with Gasteiger partial charge in [0.15, 0.2) is 0 Å². The van der Waals surface area contributed by atoms with Crippen LogP contribution in [0, 0.1) is 0 Å². The Kier molecular flexibility index (Phi) is 4.56. The number of nitrogens with one attached hydrogen (secondary N) is 2. The molecule has 0 saturated carbocycles. The van der Waals surface area contributed by atoms with Gasteiger partial charge >= 0.3 is 12.2 Å². The summed E-state index contributed by atoms with van der Waals surface area (Å²) in [5.74, 6) is -2.86. The van der Waals surface area contributed by atoms with Crippen molar-refractivity contribution in [3.8, 4) is 0 Å². The first-order valence-corrected chi connectivity index (χ1v) is 7.90. The van der Waals surface area contributed by atoms with E-state index in [1.807, 2.05) is 0 Å². The second-order valence-corrected chi connectivity index (χ2v) is 6.05. The van der Waals surface area contributed by atoms with Crippen LogP contribution in [0.15, 0.2) is 54.6 Å². The van der Waals surface area contributed by atoms with Gasteiger partial charge in [-0.3, -0.25) is 14.9 Å². The van der Waals surface area contributed by atoms with Crippen molar-refractivity contribution in [2.45, 2.75) is 11.8 Å². The largest absolute Gasteiger partial charge is 0.440 e. The van der Waals surface area contributed by atoms with Crippen LogP contribution in [-0.4, -0.2) is 29.7 Å². The number of hydrogen-bond donors (Lipinski definition) is 2. The first-order valence-electron chi connectivity index (χ1n) is 7.52. The second-order valence-electron chi connectivity index (χ2n) is 5.62. The summed E-state index contributed by atoms with van der Waals surface area (Å²) in [5.41, 5.74) is -3.87. The van der Waals surface area contributed by atoms with Gasteiger partial charge in [0.05, 0.1) is 5.69 Å². The van der Waals surface area contributed by atoms with Crippen LogP contribution >= 0.6 is 11.6 Å². The van der Waals surface area contributed by atoms with Gasteiger partial charge in [-0.1, -0.05) is 35.9 Å². The molecule has 140 valence electrons. The SMILES string of the molecule is O=C(N[C@@]1(C(F)(F)F)NC(=O)N(c2cccc(Cl)c2)C1=O)c1ccccc1. The minimum absolute atomic E-state index is 0.107. The third-order valence-electron chi connectivity index (χ3n) is 3.85. The van der Waals surface area contributed by atoms with Crippen molar-refractivity contribution < 1.29 is 27.6 Å². The molecule has 6 nitrogen and oxygen atoms in total. The van der Waals surface area contributed by atoms with E-state index in [4.69, 9.17) is 11.6 Å². The predicted molar refractivity (Wildman–Crippen MR) is 90.2 cm³/mol. The highest BCUT2D eigenvalue weighted by Gasteiger charge is 2.69. The summed E-state index contributed by atoms with van der Waals surface area (Å²) in [7, 11) is 0. The number of nitrogens with zero attached hydrogens (tertiary/aromatic N) is 1. The molecule has 0 bridgehead atoms. The Labute approximate surface area is 155 Å². The number of imide groups is 1. The van der Waals surface area contributed by atoms with Crippen molar-refractivity contribution in [2.75, 3.05) is 4.90 Å². The van der Waals surface area contributed by atoms with Gasteiger partial charge in [-0.25, -0.2) is 9.69 Å². The molecule has 10 heteroatoms. The Bertz CT molecular complexity index is 920. The summed E-state index contributed by atoms with van der Waals surface area (Å²) in [6.07, 6.45) is -5.29. The van der Waals surface area contributed by atoms with Gasteiger partial charge in [-0.2, -0.15) is 13.2 Å². The van der Waals surface area contributed by atoms with E-state index in [0.717, 1.165) is 6.07 Å². The molecule has 1 atom stereocenters. The summed E-state index contributed by atoms with van der Waals surface area (Å²) in [4.78, 5) is 37.3. The molecular formula is C17H11ClF3N3O3. The lowest BCUT2D eigenvalue weighted by atomic mass is 10.1. The number of amides is 4. The van der Waals surface area contributed by atoms with E-state index in [1.165, 1.54) is 42.5 Å². The van der Waals surface area contributed by atoms with E-state index in [9.17, 15) is 27.6 Å². The fourth-order valence-corrected chi connectivity index (χ4v) is 2.74. The molecule has 2 N–H and O–H groups in total. The van der Waals surface area contributed by atoms with Crippen molar-refractivity contribution in [2.24, 2.45) is 0 Å². The van der Waals surface area contributed by atoms with Crippen molar-refractivity contribution in [1.82, 2.24) is 10.6 Å². The zero-order valence-corrected chi connectivity index (χ0v) is 14.1. The molecule has 1 fully saturated rings. The number of carbonyl (C=O) groups is 3. The summed E-state index contributed by atoms with van der Waals surface area (Å²) in [5, 5.41) is 3.30. The van der Waals surface area contributed by atoms with Crippen molar-refractivity contribution >= 4 is 35.1 Å². The lowest BCUT2D eigenvalue weighted by Crippen LogP contribution is -2.69. The maximum Gasteiger partial charge on any atom is 0.440 e. The van der Waals surface area contributed by atoms with Crippen molar-refractivity contribution in [1.29, 1.82) is 0 Å². The number of anilines is 1. The first-order chi connectivity index (χ1) is 12.7. The molecular weight excluding hydrogens is 387 g/mol. The highest BCUT2D eigenvalue weighted by molar-refractivity contribution is 6.31. The third-order valence-corrected chi connectivity index (χ3v) is 4.09. The highest BCUT2D eigenvalue weighted by atomic mass is 35.5. The molecule has 0 unspecified atom stereocenters. The van der Waals surface area contributed by atoms with Crippen LogP contribution in [0.5, 0.6) is 0 Å². The van der Waals surface area contributed by atoms with E-state index in [0.29, 0.717) is 0 Å². The molecule has 1 heterocycles. The van der Waals surface area contributed by atoms with Gasteiger partial charge in [0, 0.05) is 10.6 Å². The quantitative estimate of drug-likeness (QED) is 0.781. The van der Waals surface area contributed by atoms with Gasteiger partial charge in [-0.15, -0.1) is 0 Å². The number of urea groups is 1. The third kappa shape index (κ3) is 3.21. The van der Waals surface area contributed by atoms with Crippen LogP contribution in [-0.2, 0) is 4.79 Å². The maximum absolute atomic E-state index is 13.8. The van der Waals surface area contributed by atoms with Crippen LogP contribution in [0.1, 0.15) is 10.4 Å². The van der Waals surface area contributed by atoms with E-state index in [-0.39, 0.29) is 21.2 Å². The van der Waals surface area contributed by atoms with Crippen molar-refractivity contribution in [3.05, 3.63) is 65.2 Å². The average Bonchev–Trinajstić information content (AvgIpc) is 2.86. The zero-order chi connectivity index (χ0) is 19.8. The molecule has 4 amide bonds. The smallest absolute Gasteiger partial charge is 0.314 e. The standard InChI is InChI=1S/C17H11ClF3N3O3/c18-11-7-4-8-12(9-11)24-14(26)16(17(19,20)21,23-15(24)27)22-13(25)10-5-2-1-3-6-10/h1-9H,(H,22,25)(H,23,27)/t16-/m1/s1. The number of rotatable bonds is 3. The molecule has 0 aliphatic carbocycles. The summed E-state index contributed by atoms with van der Waals surface area (Å²) >= 11 is 5.78. The topological polar surface area (TPSA) is 78.5 Å². The summed E-state index contributed by atoms with van der Waals surface area (Å²) < 4.78 is 41.3. The normalized spacial score (nSPS) is 19.8. The Morgan fingerprint density at radius 2 is 1.74 bits per heavy atom. The van der Waals surface area contributed by atoms with Crippen LogP contribution in [0.2, 0.25) is 5.02 Å². The fourth-order valence-electron chi connectivity index (χ4n) is 2.56. The second kappa shape index (κ2) is 6.58. The van der Waals surface area contributed by atoms with Gasteiger partial charge in [0.1, 0.15) is 0 Å². The Morgan fingerprint density at radius 1 is 1.07 bits per heavy atom. The lowest BCUT2D eigenvalue weighted by molar-refractivity contribution is -0.197. The molecule has 1 saturated heterocycles. The van der Waals surface area contributed by atoms with E-state index in [1.54, 1.807) is 16.7 Å². The number of hydrogen-bond acceptors (Lipinski definition) is 3. The summed E-state index contributed by atoms with van der Waals surface area (Å²) in [6.45, 7) is 0. The molecule has 0 aromatic heterocycles. The monoisotopic (exact) mass is 397 g/mol. The fraction of sp³-hybridized carbons (Fsp3) is 0.118. The average molecular weight is 398 g/mol. The van der Waals surface area contributed by atoms with Crippen LogP contribution in [0.3, 0.4) is 0 Å². The predicted octanol–water partition coefficient (Wildman–Crippen LogP) is 3.08. The molecule has 2 aromatic carbocycles. The van der Waals surface area contributed by atoms with Gasteiger partial charge in [0.2, 0.25) is 0 Å². The van der Waals surface area contributed by atoms with E-state index < -0.39 is 29.7 Å². The van der Waals surface area contributed by atoms with Crippen LogP contribution in [0.4, 0.5) is 23.7 Å². The zero-order valence-electron chi connectivity index (χ0n) is 13.4. The Balaban J connectivity index is 2.02. The molecule has 0 spiro atoms. The molecule has 27 heavy (non-hydrogen) atoms. The molecule has 3 rings (SSSR count). The maximum atomic E-state index is 13.8. The lowest BCUT2D eigenvalue weighted by Gasteiger charge is -2.29. The van der Waals surface area contributed by atoms with Crippen LogP contribution in [0.25, 0.3) is 0 Å². The molecule has 0 radical (unpaired) electrons. The molecule has 1 aliphatic rings. The van der Waals surface area contributed by atoms with E-state index >= 15 is 0 Å². The van der Waals surface area contributed by atoms with Gasteiger partial charge < -0.3 is 5.32 Å². The Hall–Kier alpha value is -3.07. The number of halogens is 4. The van der Waals surface area contributed by atoms with Gasteiger partial charge in [-0.05, 0) is 30.3 Å². The minimum atomic E-state index is -5.29. The summed E-state index contributed by atoms with van der Waals surface area (Å²) in [6, 6.07) is 10.9. The molecule has 2 aromatic rings. The number of carbonyl (C=O) groups excluding carboxylic acids is 3. The molecule has 1 aliphatic heterocycles. The number of benzene rings is 2. The minimum Gasteiger partial charge on any atom is -0.314 e. The van der Waals surface area contributed by atoms with Gasteiger partial charge in [0.25, 0.3) is 17.5 Å². The van der Waals surface area contributed by atoms with Crippen molar-refractivity contribution in [3.63, 3.8) is 0 Å². The Morgan fingerprint density at radius 3 is 2.33 bits per heavy atom. The van der Waals surface area contributed by atoms with E-state index in [2.05, 4.69) is 0 Å². The first kappa shape index (κ1) is 18.7. The number of alkyl halides is 3. The highest BCUT2D eigenvalue weighted by Crippen LogP contribution is 2.36.